The Balaban J connectivity index is 1.52. The maximum atomic E-state index is 13.3. The Hall–Kier alpha value is -3.95. The zero-order chi connectivity index (χ0) is 25.7. The van der Waals surface area contributed by atoms with Crippen LogP contribution >= 0.6 is 0 Å². The maximum absolute atomic E-state index is 13.3. The third-order valence-corrected chi connectivity index (χ3v) is 7.24. The highest BCUT2D eigenvalue weighted by Crippen LogP contribution is 2.32. The highest BCUT2D eigenvalue weighted by molar-refractivity contribution is 7.89. The molecule has 0 bridgehead atoms. The van der Waals surface area contributed by atoms with E-state index in [1.54, 1.807) is 42.2 Å². The first-order chi connectivity index (χ1) is 17.3. The van der Waals surface area contributed by atoms with Gasteiger partial charge in [-0.15, -0.1) is 0 Å². The van der Waals surface area contributed by atoms with Gasteiger partial charge in [0.1, 0.15) is 11.5 Å². The van der Waals surface area contributed by atoms with Crippen LogP contribution in [0, 0.1) is 0 Å². The standard InChI is InChI=1S/C27H26N2O6S/c1-19-25(27(31)34-2)24(26(30)29(19)16-15-20-9-5-3-6-10-20)17-21-13-14-22(35-21)18-28-36(32,33)23-11-7-4-8-12-23/h3-14,17,28H,15-16,18H2,1-2H3/b24-17+. The van der Waals surface area contributed by atoms with Crippen molar-refractivity contribution in [1.82, 2.24) is 9.62 Å². The second-order valence-electron chi connectivity index (χ2n) is 8.14. The van der Waals surface area contributed by atoms with Crippen molar-refractivity contribution in [3.63, 3.8) is 0 Å². The molecule has 9 heteroatoms. The first-order valence-corrected chi connectivity index (χ1v) is 12.8. The number of ether oxygens (including phenoxy) is 1. The summed E-state index contributed by atoms with van der Waals surface area (Å²) in [6.45, 7) is 2.04. The number of nitrogens with one attached hydrogen (secondary N) is 1. The minimum Gasteiger partial charge on any atom is -0.465 e. The third kappa shape index (κ3) is 5.48. The van der Waals surface area contributed by atoms with Crippen molar-refractivity contribution in [3.05, 3.63) is 107 Å². The lowest BCUT2D eigenvalue weighted by Crippen LogP contribution is -2.27. The van der Waals surface area contributed by atoms with Crippen molar-refractivity contribution >= 4 is 28.0 Å². The second-order valence-corrected chi connectivity index (χ2v) is 9.91. The molecule has 36 heavy (non-hydrogen) atoms. The number of carbonyl (C=O) groups is 2. The summed E-state index contributed by atoms with van der Waals surface area (Å²) in [4.78, 5) is 27.5. The number of nitrogens with zero attached hydrogens (tertiary/aromatic N) is 1. The van der Waals surface area contributed by atoms with Crippen LogP contribution in [0.15, 0.2) is 99.0 Å². The Morgan fingerprint density at radius 3 is 2.36 bits per heavy atom. The zero-order valence-corrected chi connectivity index (χ0v) is 20.7. The number of amides is 1. The van der Waals surface area contributed by atoms with Crippen molar-refractivity contribution < 1.29 is 27.2 Å². The average Bonchev–Trinajstić information content (AvgIpc) is 3.44. The summed E-state index contributed by atoms with van der Waals surface area (Å²) in [6, 6.07) is 21.0. The molecular formula is C27H26N2O6S. The summed E-state index contributed by atoms with van der Waals surface area (Å²) in [5.41, 5.74) is 1.93. The van der Waals surface area contributed by atoms with Crippen LogP contribution in [0.1, 0.15) is 24.0 Å². The predicted molar refractivity (Wildman–Crippen MR) is 134 cm³/mol. The van der Waals surface area contributed by atoms with Crippen LogP contribution in [0.4, 0.5) is 0 Å². The Morgan fingerprint density at radius 1 is 1.03 bits per heavy atom. The fraction of sp³-hybridized carbons (Fsp3) is 0.185. The van der Waals surface area contributed by atoms with Gasteiger partial charge in [-0.3, -0.25) is 4.79 Å². The van der Waals surface area contributed by atoms with Crippen molar-refractivity contribution in [2.24, 2.45) is 0 Å². The molecule has 2 heterocycles. The van der Waals surface area contributed by atoms with Gasteiger partial charge in [0.25, 0.3) is 5.91 Å². The van der Waals surface area contributed by atoms with Crippen LogP contribution in [0.25, 0.3) is 6.08 Å². The monoisotopic (exact) mass is 506 g/mol. The first-order valence-electron chi connectivity index (χ1n) is 11.3. The van der Waals surface area contributed by atoms with Gasteiger partial charge in [-0.1, -0.05) is 48.5 Å². The average molecular weight is 507 g/mol. The van der Waals surface area contributed by atoms with E-state index in [2.05, 4.69) is 4.72 Å². The highest BCUT2D eigenvalue weighted by atomic mass is 32.2. The van der Waals surface area contributed by atoms with Gasteiger partial charge in [-0.25, -0.2) is 17.9 Å². The molecule has 0 saturated heterocycles. The number of hydrogen-bond donors (Lipinski definition) is 1. The normalized spacial score (nSPS) is 15.1. The molecule has 0 radical (unpaired) electrons. The van der Waals surface area contributed by atoms with E-state index in [0.717, 1.165) is 5.56 Å². The number of allylic oxidation sites excluding steroid dienone is 1. The van der Waals surface area contributed by atoms with Gasteiger partial charge in [0.05, 0.1) is 29.7 Å². The Labute approximate surface area is 209 Å². The van der Waals surface area contributed by atoms with Gasteiger partial charge in [0.15, 0.2) is 0 Å². The SMILES string of the molecule is COC(=O)C1=C(C)N(CCc2ccccc2)C(=O)/C1=C/c1ccc(CNS(=O)(=O)c2ccccc2)o1. The van der Waals surface area contributed by atoms with Crippen molar-refractivity contribution in [2.45, 2.75) is 24.8 Å². The molecule has 3 aromatic rings. The van der Waals surface area contributed by atoms with E-state index in [4.69, 9.17) is 9.15 Å². The zero-order valence-electron chi connectivity index (χ0n) is 19.9. The first kappa shape index (κ1) is 25.2. The predicted octanol–water partition coefficient (Wildman–Crippen LogP) is 3.67. The van der Waals surface area contributed by atoms with Crippen LogP contribution in [0.2, 0.25) is 0 Å². The van der Waals surface area contributed by atoms with Crippen LogP contribution in [-0.4, -0.2) is 38.8 Å². The molecule has 0 aliphatic carbocycles. The molecule has 0 fully saturated rings. The molecule has 1 aromatic heterocycles. The lowest BCUT2D eigenvalue weighted by Gasteiger charge is -2.17. The second kappa shape index (κ2) is 10.8. The van der Waals surface area contributed by atoms with Gasteiger partial charge >= 0.3 is 5.97 Å². The third-order valence-electron chi connectivity index (χ3n) is 5.83. The van der Waals surface area contributed by atoms with Gasteiger partial charge < -0.3 is 14.1 Å². The van der Waals surface area contributed by atoms with Crippen LogP contribution < -0.4 is 4.72 Å². The van der Waals surface area contributed by atoms with Crippen LogP contribution in [-0.2, 0) is 37.3 Å². The van der Waals surface area contributed by atoms with Crippen molar-refractivity contribution in [1.29, 1.82) is 0 Å². The number of carbonyl (C=O) groups excluding carboxylic acids is 2. The summed E-state index contributed by atoms with van der Waals surface area (Å²) in [5.74, 6) is -0.275. The number of furan rings is 1. The largest absolute Gasteiger partial charge is 0.465 e. The minimum absolute atomic E-state index is 0.0731. The van der Waals surface area contributed by atoms with E-state index < -0.39 is 16.0 Å². The molecular weight excluding hydrogens is 480 g/mol. The fourth-order valence-corrected chi connectivity index (χ4v) is 4.96. The molecule has 1 aliphatic heterocycles. The number of rotatable bonds is 9. The number of esters is 1. The van der Waals surface area contributed by atoms with E-state index >= 15 is 0 Å². The number of methoxy groups -OCH3 is 1. The quantitative estimate of drug-likeness (QED) is 0.351. The summed E-state index contributed by atoms with van der Waals surface area (Å²) in [7, 11) is -2.44. The summed E-state index contributed by atoms with van der Waals surface area (Å²) in [6.07, 6.45) is 2.11. The van der Waals surface area contributed by atoms with Crippen molar-refractivity contribution in [2.75, 3.05) is 13.7 Å². The van der Waals surface area contributed by atoms with Gasteiger partial charge in [0, 0.05) is 12.2 Å². The highest BCUT2D eigenvalue weighted by Gasteiger charge is 2.37. The Morgan fingerprint density at radius 2 is 1.69 bits per heavy atom. The molecule has 0 saturated carbocycles. The molecule has 0 atom stereocenters. The molecule has 8 nitrogen and oxygen atoms in total. The fourth-order valence-electron chi connectivity index (χ4n) is 3.94. The number of sulfonamides is 1. The Bertz CT molecular complexity index is 1420. The van der Waals surface area contributed by atoms with Gasteiger partial charge in [0.2, 0.25) is 10.0 Å². The van der Waals surface area contributed by atoms with E-state index in [1.165, 1.54) is 25.3 Å². The van der Waals surface area contributed by atoms with E-state index in [9.17, 15) is 18.0 Å². The number of benzene rings is 2. The van der Waals surface area contributed by atoms with Crippen molar-refractivity contribution in [3.8, 4) is 0 Å². The maximum Gasteiger partial charge on any atom is 0.340 e. The summed E-state index contributed by atoms with van der Waals surface area (Å²) < 4.78 is 38.1. The Kier molecular flexibility index (Phi) is 7.52. The minimum atomic E-state index is -3.70. The molecule has 2 aromatic carbocycles. The van der Waals surface area contributed by atoms with Gasteiger partial charge in [-0.05, 0) is 49.2 Å². The lowest BCUT2D eigenvalue weighted by atomic mass is 10.1. The summed E-state index contributed by atoms with van der Waals surface area (Å²) >= 11 is 0. The molecule has 1 amide bonds. The molecule has 1 aliphatic rings. The van der Waals surface area contributed by atoms with Gasteiger partial charge in [-0.2, -0.15) is 0 Å². The molecule has 0 spiro atoms. The molecule has 0 unspecified atom stereocenters. The lowest BCUT2D eigenvalue weighted by molar-refractivity contribution is -0.136. The van der Waals surface area contributed by atoms with Crippen LogP contribution in [0.5, 0.6) is 0 Å². The number of hydrogen-bond acceptors (Lipinski definition) is 6. The molecule has 1 N–H and O–H groups in total. The molecule has 4 rings (SSSR count). The van der Waals surface area contributed by atoms with Crippen LogP contribution in [0.3, 0.4) is 0 Å². The van der Waals surface area contributed by atoms with E-state index in [1.807, 2.05) is 30.3 Å². The summed E-state index contributed by atoms with van der Waals surface area (Å²) in [5, 5.41) is 0. The van der Waals surface area contributed by atoms with E-state index in [0.29, 0.717) is 30.2 Å². The topological polar surface area (TPSA) is 106 Å². The molecule has 186 valence electrons. The smallest absolute Gasteiger partial charge is 0.340 e. The van der Waals surface area contributed by atoms with E-state index in [-0.39, 0.29) is 28.5 Å².